The zero-order chi connectivity index (χ0) is 15.2. The van der Waals surface area contributed by atoms with Gasteiger partial charge < -0.3 is 10.1 Å². The Morgan fingerprint density at radius 1 is 1.10 bits per heavy atom. The van der Waals surface area contributed by atoms with E-state index in [1.54, 1.807) is 0 Å². The van der Waals surface area contributed by atoms with E-state index in [-0.39, 0.29) is 12.7 Å². The van der Waals surface area contributed by atoms with Crippen molar-refractivity contribution in [3.05, 3.63) is 42.0 Å². The average Bonchev–Trinajstić information content (AvgIpc) is 2.46. The van der Waals surface area contributed by atoms with E-state index in [1.807, 2.05) is 12.1 Å². The second-order valence-corrected chi connectivity index (χ2v) is 5.64. The molecule has 0 aromatic heterocycles. The van der Waals surface area contributed by atoms with Crippen LogP contribution in [0.4, 0.5) is 4.39 Å². The van der Waals surface area contributed by atoms with Crippen LogP contribution in [0.1, 0.15) is 38.8 Å². The van der Waals surface area contributed by atoms with E-state index in [0.29, 0.717) is 19.1 Å². The van der Waals surface area contributed by atoms with Crippen LogP contribution in [0.15, 0.2) is 36.4 Å². The standard InChI is InChI=1S/C18H24FNO/c1-13(2)20-14(3)16-10-9-15-7-4-5-8-17(15)18(16)21-12-6-11-19/h4-5,7-10,13-14,20H,6,11-12H2,1-3H3. The number of rotatable bonds is 7. The van der Waals surface area contributed by atoms with E-state index in [4.69, 9.17) is 4.74 Å². The number of hydrogen-bond acceptors (Lipinski definition) is 2. The lowest BCUT2D eigenvalue weighted by molar-refractivity contribution is 0.287. The molecule has 0 spiro atoms. The van der Waals surface area contributed by atoms with Gasteiger partial charge in [-0.3, -0.25) is 4.39 Å². The number of nitrogens with one attached hydrogen (secondary N) is 1. The maximum Gasteiger partial charge on any atom is 0.131 e. The number of ether oxygens (including phenoxy) is 1. The summed E-state index contributed by atoms with van der Waals surface area (Å²) in [5.41, 5.74) is 1.13. The fourth-order valence-corrected chi connectivity index (χ4v) is 2.58. The van der Waals surface area contributed by atoms with E-state index in [1.165, 1.54) is 0 Å². The molecule has 2 aromatic carbocycles. The zero-order valence-electron chi connectivity index (χ0n) is 13.0. The van der Waals surface area contributed by atoms with Crippen molar-refractivity contribution in [1.82, 2.24) is 5.32 Å². The van der Waals surface area contributed by atoms with Crippen molar-refractivity contribution < 1.29 is 9.13 Å². The summed E-state index contributed by atoms with van der Waals surface area (Å²) in [6, 6.07) is 13.0. The molecule has 0 saturated heterocycles. The van der Waals surface area contributed by atoms with Crippen molar-refractivity contribution in [2.75, 3.05) is 13.3 Å². The first kappa shape index (κ1) is 15.8. The van der Waals surface area contributed by atoms with Crippen LogP contribution in [0.2, 0.25) is 0 Å². The summed E-state index contributed by atoms with van der Waals surface area (Å²) in [5, 5.41) is 5.74. The highest BCUT2D eigenvalue weighted by Crippen LogP contribution is 2.34. The molecule has 0 aliphatic heterocycles. The Labute approximate surface area is 126 Å². The zero-order valence-corrected chi connectivity index (χ0v) is 13.0. The Morgan fingerprint density at radius 2 is 1.86 bits per heavy atom. The molecule has 2 aromatic rings. The monoisotopic (exact) mass is 289 g/mol. The van der Waals surface area contributed by atoms with E-state index < -0.39 is 0 Å². The molecule has 2 rings (SSSR count). The van der Waals surface area contributed by atoms with Gasteiger partial charge in [-0.1, -0.05) is 50.2 Å². The molecule has 0 radical (unpaired) electrons. The number of benzene rings is 2. The maximum absolute atomic E-state index is 12.3. The summed E-state index contributed by atoms with van der Waals surface area (Å²) in [6.07, 6.45) is 0.425. The average molecular weight is 289 g/mol. The predicted octanol–water partition coefficient (Wildman–Crippen LogP) is 4.64. The molecule has 1 atom stereocenters. The van der Waals surface area contributed by atoms with Crippen LogP contribution >= 0.6 is 0 Å². The first-order valence-electron chi connectivity index (χ1n) is 7.60. The lowest BCUT2D eigenvalue weighted by Crippen LogP contribution is -2.26. The second-order valence-electron chi connectivity index (χ2n) is 5.64. The fourth-order valence-electron chi connectivity index (χ4n) is 2.58. The van der Waals surface area contributed by atoms with Gasteiger partial charge in [0.15, 0.2) is 0 Å². The van der Waals surface area contributed by atoms with Gasteiger partial charge in [0, 0.05) is 29.5 Å². The smallest absolute Gasteiger partial charge is 0.131 e. The number of hydrogen-bond donors (Lipinski definition) is 1. The number of halogens is 1. The van der Waals surface area contributed by atoms with Crippen molar-refractivity contribution in [2.45, 2.75) is 39.3 Å². The van der Waals surface area contributed by atoms with Gasteiger partial charge in [0.1, 0.15) is 5.75 Å². The molecule has 0 amide bonds. The maximum atomic E-state index is 12.3. The first-order chi connectivity index (χ1) is 10.1. The third kappa shape index (κ3) is 3.94. The highest BCUT2D eigenvalue weighted by Gasteiger charge is 2.15. The molecule has 21 heavy (non-hydrogen) atoms. The largest absolute Gasteiger partial charge is 0.492 e. The Hall–Kier alpha value is -1.61. The summed E-state index contributed by atoms with van der Waals surface area (Å²) in [6.45, 7) is 6.44. The topological polar surface area (TPSA) is 21.3 Å². The van der Waals surface area contributed by atoms with E-state index in [2.05, 4.69) is 50.4 Å². The van der Waals surface area contributed by atoms with Crippen molar-refractivity contribution in [2.24, 2.45) is 0 Å². The van der Waals surface area contributed by atoms with Crippen molar-refractivity contribution in [3.8, 4) is 5.75 Å². The van der Waals surface area contributed by atoms with Crippen LogP contribution in [-0.2, 0) is 0 Å². The third-order valence-corrected chi connectivity index (χ3v) is 3.48. The van der Waals surface area contributed by atoms with Gasteiger partial charge in [-0.25, -0.2) is 0 Å². The van der Waals surface area contributed by atoms with Crippen LogP contribution in [0.3, 0.4) is 0 Å². The highest BCUT2D eigenvalue weighted by molar-refractivity contribution is 5.89. The lowest BCUT2D eigenvalue weighted by atomic mass is 10.0. The molecule has 0 aliphatic carbocycles. The minimum Gasteiger partial charge on any atom is -0.492 e. The van der Waals surface area contributed by atoms with Gasteiger partial charge in [-0.15, -0.1) is 0 Å². The Balaban J connectivity index is 2.40. The summed E-state index contributed by atoms with van der Waals surface area (Å²) < 4.78 is 18.3. The minimum atomic E-state index is -0.347. The Kier molecular flexibility index (Phi) is 5.57. The molecule has 114 valence electrons. The molecule has 2 nitrogen and oxygen atoms in total. The van der Waals surface area contributed by atoms with Crippen LogP contribution in [0.25, 0.3) is 10.8 Å². The van der Waals surface area contributed by atoms with Crippen molar-refractivity contribution in [3.63, 3.8) is 0 Å². The highest BCUT2D eigenvalue weighted by atomic mass is 19.1. The molecule has 0 bridgehead atoms. The second kappa shape index (κ2) is 7.41. The van der Waals surface area contributed by atoms with E-state index >= 15 is 0 Å². The molecular formula is C18H24FNO. The molecule has 1 N–H and O–H groups in total. The number of fused-ring (bicyclic) bond motifs is 1. The molecule has 0 saturated carbocycles. The van der Waals surface area contributed by atoms with Crippen molar-refractivity contribution in [1.29, 1.82) is 0 Å². The summed E-state index contributed by atoms with van der Waals surface area (Å²) in [7, 11) is 0. The first-order valence-corrected chi connectivity index (χ1v) is 7.60. The molecule has 0 aliphatic rings. The summed E-state index contributed by atoms with van der Waals surface area (Å²) in [5.74, 6) is 0.877. The van der Waals surface area contributed by atoms with Crippen LogP contribution in [-0.4, -0.2) is 19.3 Å². The van der Waals surface area contributed by atoms with E-state index in [0.717, 1.165) is 22.1 Å². The molecule has 0 fully saturated rings. The molecule has 3 heteroatoms. The normalized spacial score (nSPS) is 12.8. The van der Waals surface area contributed by atoms with Gasteiger partial charge in [-0.05, 0) is 12.3 Å². The van der Waals surface area contributed by atoms with Gasteiger partial charge in [-0.2, -0.15) is 0 Å². The summed E-state index contributed by atoms with van der Waals surface area (Å²) in [4.78, 5) is 0. The summed E-state index contributed by atoms with van der Waals surface area (Å²) >= 11 is 0. The van der Waals surface area contributed by atoms with Crippen LogP contribution in [0, 0.1) is 0 Å². The Bertz CT molecular complexity index is 582. The quantitative estimate of drug-likeness (QED) is 0.750. The fraction of sp³-hybridized carbons (Fsp3) is 0.444. The Morgan fingerprint density at radius 3 is 2.57 bits per heavy atom. The van der Waals surface area contributed by atoms with Crippen molar-refractivity contribution >= 4 is 10.8 Å². The minimum absolute atomic E-state index is 0.190. The third-order valence-electron chi connectivity index (χ3n) is 3.48. The molecule has 1 unspecified atom stereocenters. The van der Waals surface area contributed by atoms with E-state index in [9.17, 15) is 4.39 Å². The van der Waals surface area contributed by atoms with Crippen LogP contribution < -0.4 is 10.1 Å². The number of alkyl halides is 1. The van der Waals surface area contributed by atoms with Gasteiger partial charge >= 0.3 is 0 Å². The lowest BCUT2D eigenvalue weighted by Gasteiger charge is -2.22. The van der Waals surface area contributed by atoms with Crippen LogP contribution in [0.5, 0.6) is 5.75 Å². The van der Waals surface area contributed by atoms with Gasteiger partial charge in [0.25, 0.3) is 0 Å². The SMILES string of the molecule is CC(C)NC(C)c1ccc2ccccc2c1OCCCF. The molecule has 0 heterocycles. The van der Waals surface area contributed by atoms with Gasteiger partial charge in [0.05, 0.1) is 13.3 Å². The molecular weight excluding hydrogens is 265 g/mol. The van der Waals surface area contributed by atoms with Gasteiger partial charge in [0.2, 0.25) is 0 Å². The predicted molar refractivity (Wildman–Crippen MR) is 86.7 cm³/mol.